The molecular weight excluding hydrogens is 226 g/mol. The van der Waals surface area contributed by atoms with Crippen molar-refractivity contribution in [2.75, 3.05) is 11.5 Å². The number of hydrogen-bond donors (Lipinski definition) is 3. The van der Waals surface area contributed by atoms with Gasteiger partial charge in [-0.15, -0.1) is 0 Å². The van der Waals surface area contributed by atoms with Crippen LogP contribution in [-0.4, -0.2) is 15.0 Å². The molecule has 82 valence electrons. The molecule has 0 aliphatic rings. The van der Waals surface area contributed by atoms with E-state index in [0.29, 0.717) is 9.92 Å². The van der Waals surface area contributed by atoms with Crippen molar-refractivity contribution in [2.24, 2.45) is 0 Å². The number of nitrogen functional groups attached to an aromatic ring is 2. The van der Waals surface area contributed by atoms with Gasteiger partial charge in [0.2, 0.25) is 5.95 Å². The highest BCUT2D eigenvalue weighted by atomic mass is 32.2. The standard InChI is InChI=1S/C9H9N5OS/c10-7-6(8(15)14-9(11)13-7)16-5-3-1-2-4-12-5/h1-4H,(H5,10,11,13,14,15). The number of rotatable bonds is 2. The fraction of sp³-hybridized carbons (Fsp3) is 0. The minimum absolute atomic E-state index is 0.00729. The molecule has 0 amide bonds. The Morgan fingerprint density at radius 2 is 2.12 bits per heavy atom. The van der Waals surface area contributed by atoms with Gasteiger partial charge in [-0.05, 0) is 12.1 Å². The van der Waals surface area contributed by atoms with Gasteiger partial charge in [0.25, 0.3) is 5.56 Å². The van der Waals surface area contributed by atoms with E-state index >= 15 is 0 Å². The van der Waals surface area contributed by atoms with Crippen molar-refractivity contribution >= 4 is 23.5 Å². The third kappa shape index (κ3) is 2.14. The van der Waals surface area contributed by atoms with Crippen LogP contribution in [0.5, 0.6) is 0 Å². The molecule has 6 nitrogen and oxygen atoms in total. The van der Waals surface area contributed by atoms with Crippen molar-refractivity contribution in [1.29, 1.82) is 0 Å². The Labute approximate surface area is 95.1 Å². The average Bonchev–Trinajstić information content (AvgIpc) is 2.25. The molecule has 2 aromatic heterocycles. The van der Waals surface area contributed by atoms with Crippen LogP contribution >= 0.6 is 11.8 Å². The second-order valence-corrected chi connectivity index (χ2v) is 3.97. The summed E-state index contributed by atoms with van der Waals surface area (Å²) in [5.74, 6) is 0.116. The number of nitrogens with two attached hydrogens (primary N) is 2. The SMILES string of the molecule is Nc1nc(N)c(Sc2ccccn2)c(=O)[nH]1. The summed E-state index contributed by atoms with van der Waals surface area (Å²) < 4.78 is 0. The van der Waals surface area contributed by atoms with Gasteiger partial charge >= 0.3 is 0 Å². The van der Waals surface area contributed by atoms with Crippen LogP contribution in [0.15, 0.2) is 39.1 Å². The normalized spacial score (nSPS) is 10.2. The molecule has 0 aromatic carbocycles. The molecule has 0 radical (unpaired) electrons. The van der Waals surface area contributed by atoms with Gasteiger partial charge in [0.1, 0.15) is 15.7 Å². The van der Waals surface area contributed by atoms with Gasteiger partial charge in [0.15, 0.2) is 0 Å². The van der Waals surface area contributed by atoms with Crippen molar-refractivity contribution < 1.29 is 0 Å². The van der Waals surface area contributed by atoms with E-state index in [1.54, 1.807) is 18.3 Å². The van der Waals surface area contributed by atoms with Gasteiger partial charge in [-0.1, -0.05) is 17.8 Å². The minimum Gasteiger partial charge on any atom is -0.382 e. The maximum absolute atomic E-state index is 11.6. The van der Waals surface area contributed by atoms with Crippen LogP contribution in [-0.2, 0) is 0 Å². The predicted molar refractivity (Wildman–Crippen MR) is 62.0 cm³/mol. The van der Waals surface area contributed by atoms with Gasteiger partial charge in [-0.25, -0.2) is 4.98 Å². The molecule has 0 aliphatic carbocycles. The van der Waals surface area contributed by atoms with Gasteiger partial charge in [0, 0.05) is 6.20 Å². The number of nitrogens with one attached hydrogen (secondary N) is 1. The molecule has 2 rings (SSSR count). The lowest BCUT2D eigenvalue weighted by Gasteiger charge is -2.03. The highest BCUT2D eigenvalue weighted by molar-refractivity contribution is 7.99. The van der Waals surface area contributed by atoms with Crippen molar-refractivity contribution in [1.82, 2.24) is 15.0 Å². The molecule has 0 spiro atoms. The summed E-state index contributed by atoms with van der Waals surface area (Å²) in [6.45, 7) is 0. The molecule has 16 heavy (non-hydrogen) atoms. The Morgan fingerprint density at radius 1 is 1.31 bits per heavy atom. The molecule has 2 aromatic rings. The third-order valence-electron chi connectivity index (χ3n) is 1.77. The first-order valence-corrected chi connectivity index (χ1v) is 5.22. The summed E-state index contributed by atoms with van der Waals surface area (Å²) in [4.78, 5) is 22.1. The first kappa shape index (κ1) is 10.5. The smallest absolute Gasteiger partial charge is 0.268 e. The van der Waals surface area contributed by atoms with E-state index in [1.165, 1.54) is 0 Å². The van der Waals surface area contributed by atoms with Crippen LogP contribution in [0.3, 0.4) is 0 Å². The second-order valence-electron chi connectivity index (χ2n) is 2.94. The summed E-state index contributed by atoms with van der Waals surface area (Å²) in [6.07, 6.45) is 1.64. The largest absolute Gasteiger partial charge is 0.382 e. The molecule has 0 saturated heterocycles. The van der Waals surface area contributed by atoms with Crippen molar-refractivity contribution in [3.05, 3.63) is 34.7 Å². The maximum atomic E-state index is 11.6. The molecule has 0 unspecified atom stereocenters. The number of aromatic nitrogens is 3. The number of aromatic amines is 1. The van der Waals surface area contributed by atoms with Crippen molar-refractivity contribution in [3.63, 3.8) is 0 Å². The summed E-state index contributed by atoms with van der Waals surface area (Å²) in [5, 5.41) is 0.672. The lowest BCUT2D eigenvalue weighted by atomic mass is 10.5. The van der Waals surface area contributed by atoms with Gasteiger partial charge in [-0.3, -0.25) is 9.78 Å². The number of anilines is 2. The Bertz CT molecular complexity index is 554. The average molecular weight is 235 g/mol. The summed E-state index contributed by atoms with van der Waals surface area (Å²) in [5.41, 5.74) is 10.6. The Kier molecular flexibility index (Phi) is 2.78. The molecule has 0 aliphatic heterocycles. The predicted octanol–water partition coefficient (Wildman–Crippen LogP) is 0.480. The zero-order valence-corrected chi connectivity index (χ0v) is 8.99. The van der Waals surface area contributed by atoms with Crippen LogP contribution in [0.25, 0.3) is 0 Å². The Morgan fingerprint density at radius 3 is 2.75 bits per heavy atom. The monoisotopic (exact) mass is 235 g/mol. The number of hydrogen-bond acceptors (Lipinski definition) is 6. The number of nitrogens with zero attached hydrogens (tertiary/aromatic N) is 2. The molecule has 0 fully saturated rings. The van der Waals surface area contributed by atoms with Gasteiger partial charge in [0.05, 0.1) is 0 Å². The van der Waals surface area contributed by atoms with E-state index in [-0.39, 0.29) is 17.3 Å². The quantitative estimate of drug-likeness (QED) is 0.698. The Balaban J connectivity index is 2.39. The highest BCUT2D eigenvalue weighted by Gasteiger charge is 2.09. The number of H-pyrrole nitrogens is 1. The molecule has 5 N–H and O–H groups in total. The summed E-state index contributed by atoms with van der Waals surface area (Å²) in [7, 11) is 0. The van der Waals surface area contributed by atoms with E-state index in [9.17, 15) is 4.79 Å². The van der Waals surface area contributed by atoms with Crippen LogP contribution in [0.2, 0.25) is 0 Å². The minimum atomic E-state index is -0.361. The molecule has 2 heterocycles. The highest BCUT2D eigenvalue weighted by Crippen LogP contribution is 2.25. The van der Waals surface area contributed by atoms with E-state index in [1.807, 2.05) is 6.07 Å². The van der Waals surface area contributed by atoms with Crippen molar-refractivity contribution in [2.45, 2.75) is 9.92 Å². The van der Waals surface area contributed by atoms with Crippen LogP contribution in [0, 0.1) is 0 Å². The van der Waals surface area contributed by atoms with Gasteiger partial charge < -0.3 is 11.5 Å². The first-order chi connectivity index (χ1) is 7.66. The summed E-state index contributed by atoms with van der Waals surface area (Å²) in [6, 6.07) is 5.39. The molecule has 0 saturated carbocycles. The second kappa shape index (κ2) is 4.23. The van der Waals surface area contributed by atoms with E-state index in [0.717, 1.165) is 11.8 Å². The number of pyridine rings is 1. The van der Waals surface area contributed by atoms with Crippen LogP contribution in [0.4, 0.5) is 11.8 Å². The summed E-state index contributed by atoms with van der Waals surface area (Å²) >= 11 is 1.15. The Hall–Kier alpha value is -2.02. The maximum Gasteiger partial charge on any atom is 0.268 e. The van der Waals surface area contributed by atoms with Crippen LogP contribution in [0.1, 0.15) is 0 Å². The third-order valence-corrected chi connectivity index (χ3v) is 2.82. The fourth-order valence-corrected chi connectivity index (χ4v) is 1.87. The molecule has 0 atom stereocenters. The van der Waals surface area contributed by atoms with E-state index in [4.69, 9.17) is 11.5 Å². The topological polar surface area (TPSA) is 111 Å². The zero-order valence-electron chi connectivity index (χ0n) is 8.18. The lowest BCUT2D eigenvalue weighted by molar-refractivity contribution is 1.06. The lowest BCUT2D eigenvalue weighted by Crippen LogP contribution is -2.15. The fourth-order valence-electron chi connectivity index (χ4n) is 1.11. The van der Waals surface area contributed by atoms with Gasteiger partial charge in [-0.2, -0.15) is 4.98 Å². The molecular formula is C9H9N5OS. The van der Waals surface area contributed by atoms with E-state index < -0.39 is 0 Å². The van der Waals surface area contributed by atoms with Crippen LogP contribution < -0.4 is 17.0 Å². The molecule has 7 heteroatoms. The van der Waals surface area contributed by atoms with Crippen molar-refractivity contribution in [3.8, 4) is 0 Å². The molecule has 0 bridgehead atoms. The first-order valence-electron chi connectivity index (χ1n) is 4.41. The van der Waals surface area contributed by atoms with E-state index in [2.05, 4.69) is 15.0 Å². The zero-order chi connectivity index (χ0) is 11.5.